The number of unbranched alkanes of at least 4 members (excludes halogenated alkanes) is 2. The van der Waals surface area contributed by atoms with Crippen LogP contribution in [0.2, 0.25) is 0 Å². The molecule has 29 heavy (non-hydrogen) atoms. The summed E-state index contributed by atoms with van der Waals surface area (Å²) < 4.78 is 5.66. The fourth-order valence-corrected chi connectivity index (χ4v) is 4.03. The van der Waals surface area contributed by atoms with Crippen molar-refractivity contribution in [2.75, 3.05) is 0 Å². The Morgan fingerprint density at radius 2 is 1.55 bits per heavy atom. The standard InChI is InChI=1S/C25H42O3S/c1-9-11-12-13-18(10-2)22(29)23(27)28-16-17-14-19(24(3,4)5)21(26)20(15-17)25(6,7)8/h14-15,18,22,26,29H,9-13,16H2,1-8H3. The predicted octanol–water partition coefficient (Wildman–Crippen LogP) is 6.94. The van der Waals surface area contributed by atoms with Gasteiger partial charge in [-0.1, -0.05) is 81.1 Å². The minimum Gasteiger partial charge on any atom is -0.507 e. The summed E-state index contributed by atoms with van der Waals surface area (Å²) in [4.78, 5) is 12.6. The van der Waals surface area contributed by atoms with Crippen LogP contribution in [0.5, 0.6) is 5.75 Å². The molecule has 0 aliphatic heterocycles. The Kier molecular flexibility index (Phi) is 9.59. The van der Waals surface area contributed by atoms with Crippen molar-refractivity contribution in [3.63, 3.8) is 0 Å². The minimum atomic E-state index is -0.391. The van der Waals surface area contributed by atoms with Gasteiger partial charge in [0, 0.05) is 0 Å². The molecule has 1 aromatic carbocycles. The van der Waals surface area contributed by atoms with Gasteiger partial charge in [0.05, 0.1) is 0 Å². The van der Waals surface area contributed by atoms with Crippen molar-refractivity contribution in [3.05, 3.63) is 28.8 Å². The van der Waals surface area contributed by atoms with Crippen molar-refractivity contribution in [2.45, 2.75) is 110 Å². The third-order valence-electron chi connectivity index (χ3n) is 5.56. The van der Waals surface area contributed by atoms with Gasteiger partial charge < -0.3 is 9.84 Å². The molecular formula is C25H42O3S. The fraction of sp³-hybridized carbons (Fsp3) is 0.720. The number of rotatable bonds is 9. The molecule has 2 unspecified atom stereocenters. The summed E-state index contributed by atoms with van der Waals surface area (Å²) >= 11 is 4.58. The van der Waals surface area contributed by atoms with Crippen molar-refractivity contribution in [2.24, 2.45) is 5.92 Å². The number of carbonyl (C=O) groups excluding carboxylic acids is 1. The highest BCUT2D eigenvalue weighted by Crippen LogP contribution is 2.40. The average molecular weight is 423 g/mol. The molecule has 0 radical (unpaired) electrons. The van der Waals surface area contributed by atoms with Crippen LogP contribution in [0, 0.1) is 5.92 Å². The lowest BCUT2D eigenvalue weighted by Crippen LogP contribution is -2.26. The third kappa shape index (κ3) is 7.55. The first-order chi connectivity index (χ1) is 13.3. The molecule has 0 heterocycles. The van der Waals surface area contributed by atoms with Crippen LogP contribution in [0.3, 0.4) is 0 Å². The normalized spacial score (nSPS) is 14.5. The van der Waals surface area contributed by atoms with Crippen LogP contribution in [0.25, 0.3) is 0 Å². The van der Waals surface area contributed by atoms with Crippen molar-refractivity contribution in [3.8, 4) is 5.75 Å². The molecule has 4 heteroatoms. The Morgan fingerprint density at radius 1 is 1.03 bits per heavy atom. The number of hydrogen-bond acceptors (Lipinski definition) is 4. The molecule has 0 amide bonds. The van der Waals surface area contributed by atoms with E-state index in [4.69, 9.17) is 4.74 Å². The maximum Gasteiger partial charge on any atom is 0.319 e. The number of ether oxygens (including phenoxy) is 1. The zero-order chi connectivity index (χ0) is 22.4. The maximum atomic E-state index is 12.6. The maximum absolute atomic E-state index is 12.6. The molecule has 3 nitrogen and oxygen atoms in total. The van der Waals surface area contributed by atoms with Gasteiger partial charge in [-0.05, 0) is 52.0 Å². The Balaban J connectivity index is 2.99. The molecule has 0 bridgehead atoms. The monoisotopic (exact) mass is 422 g/mol. The first-order valence-corrected chi connectivity index (χ1v) is 11.6. The van der Waals surface area contributed by atoms with E-state index in [1.807, 2.05) is 12.1 Å². The molecule has 0 fully saturated rings. The van der Waals surface area contributed by atoms with Gasteiger partial charge in [0.15, 0.2) is 0 Å². The van der Waals surface area contributed by atoms with Gasteiger partial charge in [-0.3, -0.25) is 4.79 Å². The van der Waals surface area contributed by atoms with E-state index in [1.165, 1.54) is 12.8 Å². The number of phenolic OH excluding ortho intramolecular Hbond substituents is 1. The molecule has 0 saturated heterocycles. The van der Waals surface area contributed by atoms with E-state index in [0.717, 1.165) is 36.0 Å². The number of carbonyl (C=O) groups is 1. The Hall–Kier alpha value is -1.16. The second-order valence-corrected chi connectivity index (χ2v) is 10.8. The van der Waals surface area contributed by atoms with E-state index >= 15 is 0 Å². The number of thiol groups is 1. The molecule has 0 spiro atoms. The predicted molar refractivity (Wildman–Crippen MR) is 126 cm³/mol. The summed E-state index contributed by atoms with van der Waals surface area (Å²) in [6.45, 7) is 17.0. The molecule has 1 N–H and O–H groups in total. The van der Waals surface area contributed by atoms with Crippen molar-refractivity contribution in [1.82, 2.24) is 0 Å². The van der Waals surface area contributed by atoms with Gasteiger partial charge in [0.2, 0.25) is 0 Å². The van der Waals surface area contributed by atoms with Crippen LogP contribution in [0.1, 0.15) is 104 Å². The van der Waals surface area contributed by atoms with Gasteiger partial charge in [-0.25, -0.2) is 0 Å². The van der Waals surface area contributed by atoms with Crippen LogP contribution in [-0.4, -0.2) is 16.3 Å². The minimum absolute atomic E-state index is 0.202. The van der Waals surface area contributed by atoms with E-state index in [2.05, 4.69) is 68.0 Å². The third-order valence-corrected chi connectivity index (χ3v) is 6.19. The van der Waals surface area contributed by atoms with Gasteiger partial charge in [0.1, 0.15) is 17.6 Å². The average Bonchev–Trinajstić information content (AvgIpc) is 2.61. The SMILES string of the molecule is CCCCCC(CC)C(S)C(=O)OCc1cc(C(C)(C)C)c(O)c(C(C)(C)C)c1. The smallest absolute Gasteiger partial charge is 0.319 e. The van der Waals surface area contributed by atoms with Crippen molar-refractivity contribution < 1.29 is 14.6 Å². The molecule has 0 aromatic heterocycles. The lowest BCUT2D eigenvalue weighted by molar-refractivity contribution is -0.145. The lowest BCUT2D eigenvalue weighted by Gasteiger charge is -2.28. The van der Waals surface area contributed by atoms with Gasteiger partial charge in [-0.2, -0.15) is 12.6 Å². The van der Waals surface area contributed by atoms with Crippen molar-refractivity contribution >= 4 is 18.6 Å². The van der Waals surface area contributed by atoms with Crippen LogP contribution < -0.4 is 0 Å². The second kappa shape index (κ2) is 10.7. The van der Waals surface area contributed by atoms with E-state index in [-0.39, 0.29) is 29.3 Å². The molecule has 2 atom stereocenters. The lowest BCUT2D eigenvalue weighted by atomic mass is 9.78. The number of hydrogen-bond donors (Lipinski definition) is 2. The summed E-state index contributed by atoms with van der Waals surface area (Å²) in [5, 5.41) is 10.4. The molecule has 166 valence electrons. The van der Waals surface area contributed by atoms with E-state index in [0.29, 0.717) is 5.75 Å². The highest BCUT2D eigenvalue weighted by molar-refractivity contribution is 7.81. The summed E-state index contributed by atoms with van der Waals surface area (Å²) in [5.74, 6) is 0.334. The number of aromatic hydroxyl groups is 1. The quantitative estimate of drug-likeness (QED) is 0.257. The van der Waals surface area contributed by atoms with Gasteiger partial charge in [0.25, 0.3) is 0 Å². The van der Waals surface area contributed by atoms with E-state index in [1.54, 1.807) is 0 Å². The Labute approximate surface area is 184 Å². The van der Waals surface area contributed by atoms with Crippen LogP contribution in [0.15, 0.2) is 12.1 Å². The van der Waals surface area contributed by atoms with Gasteiger partial charge in [-0.15, -0.1) is 0 Å². The van der Waals surface area contributed by atoms with Gasteiger partial charge >= 0.3 is 5.97 Å². The fourth-order valence-electron chi connectivity index (χ4n) is 3.60. The highest BCUT2D eigenvalue weighted by atomic mass is 32.1. The van der Waals surface area contributed by atoms with Crippen LogP contribution >= 0.6 is 12.6 Å². The molecule has 0 aliphatic rings. The summed E-state index contributed by atoms with van der Waals surface area (Å²) in [7, 11) is 0. The number of benzene rings is 1. The molecule has 1 rings (SSSR count). The molecule has 0 aliphatic carbocycles. The highest BCUT2D eigenvalue weighted by Gasteiger charge is 2.28. The van der Waals surface area contributed by atoms with E-state index < -0.39 is 5.25 Å². The van der Waals surface area contributed by atoms with Crippen LogP contribution in [0.4, 0.5) is 0 Å². The first-order valence-electron chi connectivity index (χ1n) is 11.0. The molecule has 1 aromatic rings. The summed E-state index contributed by atoms with van der Waals surface area (Å²) in [5.41, 5.74) is 2.25. The molecular weight excluding hydrogens is 380 g/mol. The Morgan fingerprint density at radius 3 is 1.97 bits per heavy atom. The number of phenols is 1. The largest absolute Gasteiger partial charge is 0.507 e. The molecule has 0 saturated carbocycles. The topological polar surface area (TPSA) is 46.5 Å². The Bertz CT molecular complexity index is 633. The van der Waals surface area contributed by atoms with E-state index in [9.17, 15) is 9.90 Å². The first kappa shape index (κ1) is 25.9. The number of esters is 1. The summed E-state index contributed by atoms with van der Waals surface area (Å²) in [6, 6.07) is 3.92. The van der Waals surface area contributed by atoms with Crippen LogP contribution in [-0.2, 0) is 27.0 Å². The second-order valence-electron chi connectivity index (χ2n) is 10.3. The zero-order valence-corrected chi connectivity index (χ0v) is 20.7. The summed E-state index contributed by atoms with van der Waals surface area (Å²) in [6.07, 6.45) is 5.42. The zero-order valence-electron chi connectivity index (χ0n) is 19.8. The van der Waals surface area contributed by atoms with Crippen molar-refractivity contribution in [1.29, 1.82) is 0 Å².